The number of nitrogens with zero attached hydrogens (tertiary/aromatic N) is 2. The fourth-order valence-electron chi connectivity index (χ4n) is 4.96. The summed E-state index contributed by atoms with van der Waals surface area (Å²) in [5.74, 6) is 0.113. The van der Waals surface area contributed by atoms with Gasteiger partial charge < -0.3 is 19.1 Å². The van der Waals surface area contributed by atoms with Crippen LogP contribution in [0.5, 0.6) is 11.5 Å². The van der Waals surface area contributed by atoms with Crippen molar-refractivity contribution in [3.63, 3.8) is 0 Å². The van der Waals surface area contributed by atoms with E-state index in [1.165, 1.54) is 31.4 Å². The number of hydrogen-bond acceptors (Lipinski definition) is 7. The number of carbonyl (C=O) groups is 1. The molecule has 42 heavy (non-hydrogen) atoms. The number of amides is 1. The predicted molar refractivity (Wildman–Crippen MR) is 159 cm³/mol. The maximum absolute atomic E-state index is 14.6. The molecule has 1 heterocycles. The van der Waals surface area contributed by atoms with Crippen LogP contribution in [-0.4, -0.2) is 77.2 Å². The third-order valence-corrected chi connectivity index (χ3v) is 8.89. The average Bonchev–Trinajstić information content (AvgIpc) is 2.98. The minimum atomic E-state index is -3.97. The summed E-state index contributed by atoms with van der Waals surface area (Å²) in [4.78, 5) is 17.4. The summed E-state index contributed by atoms with van der Waals surface area (Å²) in [6, 6.07) is 17.3. The van der Waals surface area contributed by atoms with Crippen LogP contribution < -0.4 is 14.2 Å². The summed E-state index contributed by atoms with van der Waals surface area (Å²) in [6.45, 7) is 5.52. The lowest BCUT2D eigenvalue weighted by Gasteiger charge is -2.36. The Balaban J connectivity index is 1.66. The van der Waals surface area contributed by atoms with Gasteiger partial charge >= 0.3 is 0 Å². The Morgan fingerprint density at radius 2 is 1.79 bits per heavy atom. The van der Waals surface area contributed by atoms with Gasteiger partial charge in [-0.3, -0.25) is 14.4 Å². The summed E-state index contributed by atoms with van der Waals surface area (Å²) >= 11 is 0. The number of carbonyl (C=O) groups excluding carboxylic acids is 1. The van der Waals surface area contributed by atoms with Gasteiger partial charge in [0.15, 0.2) is 0 Å². The minimum Gasteiger partial charge on any atom is -0.497 e. The smallest absolute Gasteiger partial charge is 0.262 e. The number of benzene rings is 3. The zero-order chi connectivity index (χ0) is 30.4. The third-order valence-electron chi connectivity index (χ3n) is 7.51. The van der Waals surface area contributed by atoms with Gasteiger partial charge in [-0.25, -0.2) is 12.8 Å². The first-order chi connectivity index (χ1) is 20.0. The Hall–Kier alpha value is -3.67. The van der Waals surface area contributed by atoms with Gasteiger partial charge in [-0.15, -0.1) is 0 Å². The van der Waals surface area contributed by atoms with Crippen LogP contribution in [0.3, 0.4) is 0 Å². The van der Waals surface area contributed by atoms with Gasteiger partial charge in [-0.05, 0) is 49.2 Å². The Labute approximate surface area is 247 Å². The van der Waals surface area contributed by atoms with Crippen molar-refractivity contribution in [1.82, 2.24) is 9.80 Å². The number of likely N-dealkylation sites (N-methyl/N-ethyl adjacent to an activating group) is 1. The molecule has 1 amide bonds. The lowest BCUT2D eigenvalue weighted by atomic mass is 10.0. The number of hydrogen-bond donors (Lipinski definition) is 1. The molecule has 0 fully saturated rings. The molecule has 4 rings (SSSR count). The molecular weight excluding hydrogens is 561 g/mol. The number of ether oxygens (including phenoxy) is 3. The third kappa shape index (κ3) is 7.39. The SMILES string of the molecule is COc1cccc(S(=O)(=O)Nc2ccc3c(c2)C(=O)N(C)C[C@H](OC)[C@H](C)CN(Cc2ccccc2F)[C@@H](C)CO3)c1. The Bertz CT molecular complexity index is 1500. The van der Waals surface area contributed by atoms with E-state index in [1.54, 1.807) is 55.5 Å². The number of halogens is 1. The molecule has 1 aliphatic heterocycles. The van der Waals surface area contributed by atoms with Crippen molar-refractivity contribution in [1.29, 1.82) is 0 Å². The molecule has 0 aliphatic carbocycles. The van der Waals surface area contributed by atoms with Gasteiger partial charge in [0.1, 0.15) is 23.9 Å². The number of methoxy groups -OCH3 is 2. The summed E-state index contributed by atoms with van der Waals surface area (Å²) in [7, 11) is 0.772. The molecule has 3 aromatic carbocycles. The fraction of sp³-hybridized carbons (Fsp3) is 0.387. The van der Waals surface area contributed by atoms with E-state index in [0.29, 0.717) is 30.2 Å². The van der Waals surface area contributed by atoms with Crippen LogP contribution >= 0.6 is 0 Å². The van der Waals surface area contributed by atoms with Crippen molar-refractivity contribution in [2.75, 3.05) is 45.7 Å². The maximum Gasteiger partial charge on any atom is 0.262 e. The van der Waals surface area contributed by atoms with Gasteiger partial charge in [-0.1, -0.05) is 31.2 Å². The molecule has 0 radical (unpaired) electrons. The second-order valence-corrected chi connectivity index (χ2v) is 12.3. The number of anilines is 1. The van der Waals surface area contributed by atoms with Crippen molar-refractivity contribution >= 4 is 21.6 Å². The Morgan fingerprint density at radius 3 is 2.50 bits per heavy atom. The first-order valence-corrected chi connectivity index (χ1v) is 15.2. The van der Waals surface area contributed by atoms with Gasteiger partial charge in [0.2, 0.25) is 0 Å². The highest BCUT2D eigenvalue weighted by Gasteiger charge is 2.29. The molecule has 1 aliphatic rings. The van der Waals surface area contributed by atoms with Gasteiger partial charge in [0.05, 0.1) is 23.7 Å². The number of nitrogens with one attached hydrogen (secondary N) is 1. The summed E-state index contributed by atoms with van der Waals surface area (Å²) in [5, 5.41) is 0. The molecule has 0 saturated carbocycles. The molecule has 9 nitrogen and oxygen atoms in total. The predicted octanol–water partition coefficient (Wildman–Crippen LogP) is 4.64. The van der Waals surface area contributed by atoms with E-state index in [0.717, 1.165) is 0 Å². The van der Waals surface area contributed by atoms with Crippen LogP contribution in [-0.2, 0) is 21.3 Å². The van der Waals surface area contributed by atoms with E-state index in [9.17, 15) is 17.6 Å². The second kappa shape index (κ2) is 13.5. The van der Waals surface area contributed by atoms with E-state index in [-0.39, 0.29) is 59.1 Å². The number of rotatable bonds is 7. The molecule has 0 saturated heterocycles. The van der Waals surface area contributed by atoms with Crippen LogP contribution in [0.25, 0.3) is 0 Å². The topological polar surface area (TPSA) is 97.4 Å². The van der Waals surface area contributed by atoms with Crippen LogP contribution in [0.15, 0.2) is 71.6 Å². The van der Waals surface area contributed by atoms with E-state index in [4.69, 9.17) is 14.2 Å². The van der Waals surface area contributed by atoms with Crippen LogP contribution in [0.1, 0.15) is 29.8 Å². The molecule has 0 spiro atoms. The highest BCUT2D eigenvalue weighted by atomic mass is 32.2. The van der Waals surface area contributed by atoms with Gasteiger partial charge in [0, 0.05) is 57.2 Å². The molecule has 1 N–H and O–H groups in total. The summed E-state index contributed by atoms with van der Waals surface area (Å²) in [6.07, 6.45) is -0.298. The monoisotopic (exact) mass is 599 g/mol. The normalized spacial score (nSPS) is 20.6. The zero-order valence-electron chi connectivity index (χ0n) is 24.5. The van der Waals surface area contributed by atoms with Gasteiger partial charge in [-0.2, -0.15) is 0 Å². The highest BCUT2D eigenvalue weighted by Crippen LogP contribution is 2.28. The molecule has 3 aromatic rings. The molecule has 0 unspecified atom stereocenters. The van der Waals surface area contributed by atoms with E-state index in [2.05, 4.69) is 9.62 Å². The molecule has 3 atom stereocenters. The number of fused-ring (bicyclic) bond motifs is 1. The lowest BCUT2D eigenvalue weighted by Crippen LogP contribution is -2.46. The Morgan fingerprint density at radius 1 is 1.02 bits per heavy atom. The molecule has 0 aromatic heterocycles. The van der Waals surface area contributed by atoms with E-state index >= 15 is 0 Å². The standard InChI is InChI=1S/C31H38FN3O6S/c1-21-17-35(18-23-9-6-7-12-28(23)32)22(2)20-41-29-14-13-24(15-27(29)31(36)34(3)19-30(21)40-5)33-42(37,38)26-11-8-10-25(16-26)39-4/h6-16,21-22,30,33H,17-20H2,1-5H3/t21-,22+,30+/m1/s1. The minimum absolute atomic E-state index is 0.000576. The lowest BCUT2D eigenvalue weighted by molar-refractivity contribution is 0.00904. The summed E-state index contributed by atoms with van der Waals surface area (Å²) < 4.78 is 60.5. The molecule has 226 valence electrons. The molecular formula is C31H38FN3O6S. The highest BCUT2D eigenvalue weighted by molar-refractivity contribution is 7.92. The van der Waals surface area contributed by atoms with Crippen molar-refractivity contribution in [2.24, 2.45) is 5.92 Å². The molecule has 11 heteroatoms. The van der Waals surface area contributed by atoms with Crippen molar-refractivity contribution in [3.05, 3.63) is 83.7 Å². The second-order valence-electron chi connectivity index (χ2n) is 10.6. The fourth-order valence-corrected chi connectivity index (χ4v) is 6.05. The number of sulfonamides is 1. The quantitative estimate of drug-likeness (QED) is 0.423. The van der Waals surface area contributed by atoms with Crippen molar-refractivity contribution in [3.8, 4) is 11.5 Å². The van der Waals surface area contributed by atoms with Gasteiger partial charge in [0.25, 0.3) is 15.9 Å². The van der Waals surface area contributed by atoms with Crippen LogP contribution in [0.2, 0.25) is 0 Å². The van der Waals surface area contributed by atoms with Crippen molar-refractivity contribution < 1.29 is 31.8 Å². The summed E-state index contributed by atoms with van der Waals surface area (Å²) in [5.41, 5.74) is 0.998. The first-order valence-electron chi connectivity index (χ1n) is 13.7. The zero-order valence-corrected chi connectivity index (χ0v) is 25.4. The van der Waals surface area contributed by atoms with Crippen LogP contribution in [0.4, 0.5) is 10.1 Å². The van der Waals surface area contributed by atoms with E-state index in [1.807, 2.05) is 19.9 Å². The molecule has 0 bridgehead atoms. The van der Waals surface area contributed by atoms with Crippen molar-refractivity contribution in [2.45, 2.75) is 37.4 Å². The van der Waals surface area contributed by atoms with Crippen LogP contribution in [0, 0.1) is 11.7 Å². The largest absolute Gasteiger partial charge is 0.497 e. The Kier molecular flexibility index (Phi) is 10.1. The first kappa shape index (κ1) is 31.3. The van der Waals surface area contributed by atoms with E-state index < -0.39 is 10.0 Å². The average molecular weight is 600 g/mol. The maximum atomic E-state index is 14.6.